The largest absolute Gasteiger partial charge is 0.363 e. The third-order valence-corrected chi connectivity index (χ3v) is 6.49. The standard InChI is InChI=1S/C19H17FN2O6S/c1-3-21(4-2)29(26,27)16-11-12(9-10-15(16)20)19(25)28-22-17(23)13-7-5-6-8-14(13)18(22)24/h5-11H,3-4H2,1-2H3. The van der Waals surface area contributed by atoms with Gasteiger partial charge in [-0.15, -0.1) is 0 Å². The molecular weight excluding hydrogens is 403 g/mol. The van der Waals surface area contributed by atoms with E-state index in [9.17, 15) is 27.2 Å². The van der Waals surface area contributed by atoms with Gasteiger partial charge >= 0.3 is 5.97 Å². The Morgan fingerprint density at radius 2 is 1.59 bits per heavy atom. The highest BCUT2D eigenvalue weighted by Crippen LogP contribution is 2.25. The van der Waals surface area contributed by atoms with E-state index in [1.165, 1.54) is 12.1 Å². The van der Waals surface area contributed by atoms with Gasteiger partial charge in [0.15, 0.2) is 0 Å². The summed E-state index contributed by atoms with van der Waals surface area (Å²) in [4.78, 5) is 41.2. The van der Waals surface area contributed by atoms with Gasteiger partial charge in [0.1, 0.15) is 10.7 Å². The number of rotatable bonds is 6. The topological polar surface area (TPSA) is 101 Å². The summed E-state index contributed by atoms with van der Waals surface area (Å²) in [6.07, 6.45) is 0. The minimum atomic E-state index is -4.18. The van der Waals surface area contributed by atoms with Crippen molar-refractivity contribution in [3.8, 4) is 0 Å². The number of hydrogen-bond donors (Lipinski definition) is 0. The van der Waals surface area contributed by atoms with Gasteiger partial charge in [0.25, 0.3) is 11.8 Å². The van der Waals surface area contributed by atoms with Crippen LogP contribution in [-0.4, -0.2) is 48.7 Å². The molecule has 0 saturated carbocycles. The van der Waals surface area contributed by atoms with Gasteiger partial charge in [-0.3, -0.25) is 9.59 Å². The van der Waals surface area contributed by atoms with Gasteiger partial charge < -0.3 is 4.84 Å². The van der Waals surface area contributed by atoms with Gasteiger partial charge in [0, 0.05) is 13.1 Å². The molecule has 29 heavy (non-hydrogen) atoms. The number of hydroxylamine groups is 2. The molecule has 0 bridgehead atoms. The van der Waals surface area contributed by atoms with Crippen LogP contribution in [0.1, 0.15) is 44.9 Å². The fraction of sp³-hybridized carbons (Fsp3) is 0.211. The molecular formula is C19H17FN2O6S. The highest BCUT2D eigenvalue weighted by Gasteiger charge is 2.39. The lowest BCUT2D eigenvalue weighted by Gasteiger charge is -2.19. The normalized spacial score (nSPS) is 13.7. The van der Waals surface area contributed by atoms with E-state index in [0.29, 0.717) is 5.06 Å². The number of benzene rings is 2. The second-order valence-corrected chi connectivity index (χ2v) is 7.97. The third kappa shape index (κ3) is 3.52. The summed E-state index contributed by atoms with van der Waals surface area (Å²) >= 11 is 0. The molecule has 0 N–H and O–H groups in total. The summed E-state index contributed by atoms with van der Waals surface area (Å²) in [5.41, 5.74) is -0.169. The number of sulfonamides is 1. The Morgan fingerprint density at radius 1 is 1.03 bits per heavy atom. The van der Waals surface area contributed by atoms with Crippen LogP contribution < -0.4 is 0 Å². The van der Waals surface area contributed by atoms with Crippen molar-refractivity contribution in [2.24, 2.45) is 0 Å². The number of carbonyl (C=O) groups is 3. The van der Waals surface area contributed by atoms with Gasteiger partial charge in [-0.2, -0.15) is 4.31 Å². The third-order valence-electron chi connectivity index (χ3n) is 4.42. The van der Waals surface area contributed by atoms with Crippen LogP contribution in [0, 0.1) is 5.82 Å². The SMILES string of the molecule is CCN(CC)S(=O)(=O)c1cc(C(=O)ON2C(=O)c3ccccc3C2=O)ccc1F. The Bertz CT molecular complexity index is 1080. The minimum Gasteiger partial charge on any atom is -0.324 e. The van der Waals surface area contributed by atoms with E-state index in [2.05, 4.69) is 0 Å². The first kappa shape index (κ1) is 20.6. The van der Waals surface area contributed by atoms with Crippen LogP contribution in [0.5, 0.6) is 0 Å². The van der Waals surface area contributed by atoms with Gasteiger partial charge in [-0.1, -0.05) is 31.0 Å². The Kier molecular flexibility index (Phi) is 5.49. The summed E-state index contributed by atoms with van der Waals surface area (Å²) in [7, 11) is -4.18. The highest BCUT2D eigenvalue weighted by molar-refractivity contribution is 7.89. The maximum atomic E-state index is 14.2. The Labute approximate surface area is 166 Å². The molecule has 1 aliphatic heterocycles. The molecule has 10 heteroatoms. The number of amides is 2. The molecule has 2 amide bonds. The van der Waals surface area contributed by atoms with Crippen molar-refractivity contribution in [3.05, 3.63) is 65.0 Å². The van der Waals surface area contributed by atoms with Crippen molar-refractivity contribution in [1.82, 2.24) is 9.37 Å². The predicted molar refractivity (Wildman–Crippen MR) is 98.9 cm³/mol. The Hall–Kier alpha value is -3.11. The zero-order chi connectivity index (χ0) is 21.3. The van der Waals surface area contributed by atoms with E-state index in [1.54, 1.807) is 26.0 Å². The maximum Gasteiger partial charge on any atom is 0.363 e. The molecule has 0 unspecified atom stereocenters. The molecule has 0 radical (unpaired) electrons. The lowest BCUT2D eigenvalue weighted by Crippen LogP contribution is -2.33. The van der Waals surface area contributed by atoms with Crippen molar-refractivity contribution < 1.29 is 32.0 Å². The number of fused-ring (bicyclic) bond motifs is 1. The van der Waals surface area contributed by atoms with Gasteiger partial charge in [-0.25, -0.2) is 17.6 Å². The first-order valence-corrected chi connectivity index (χ1v) is 10.2. The number of carbonyl (C=O) groups excluding carboxylic acids is 3. The Morgan fingerprint density at radius 3 is 2.10 bits per heavy atom. The average molecular weight is 420 g/mol. The quantitative estimate of drug-likeness (QED) is 0.665. The van der Waals surface area contributed by atoms with Crippen molar-refractivity contribution in [3.63, 3.8) is 0 Å². The molecule has 0 aromatic heterocycles. The molecule has 0 atom stereocenters. The van der Waals surface area contributed by atoms with Crippen LogP contribution in [0.15, 0.2) is 47.4 Å². The number of imide groups is 1. The fourth-order valence-electron chi connectivity index (χ4n) is 2.92. The molecule has 1 heterocycles. The molecule has 0 spiro atoms. The number of halogens is 1. The van der Waals surface area contributed by atoms with Crippen molar-refractivity contribution in [2.75, 3.05) is 13.1 Å². The van der Waals surface area contributed by atoms with E-state index in [4.69, 9.17) is 4.84 Å². The summed E-state index contributed by atoms with van der Waals surface area (Å²) in [5.74, 6) is -3.85. The summed E-state index contributed by atoms with van der Waals surface area (Å²) in [6, 6.07) is 8.58. The Balaban J connectivity index is 1.90. The van der Waals surface area contributed by atoms with E-state index < -0.39 is 38.5 Å². The molecule has 3 rings (SSSR count). The van der Waals surface area contributed by atoms with Crippen LogP contribution in [0.3, 0.4) is 0 Å². The van der Waals surface area contributed by atoms with Crippen LogP contribution >= 0.6 is 0 Å². The number of nitrogens with zero attached hydrogens (tertiary/aromatic N) is 2. The summed E-state index contributed by atoms with van der Waals surface area (Å²) in [5, 5.41) is 0.301. The van der Waals surface area contributed by atoms with Crippen molar-refractivity contribution in [2.45, 2.75) is 18.7 Å². The lowest BCUT2D eigenvalue weighted by molar-refractivity contribution is -0.0584. The summed E-state index contributed by atoms with van der Waals surface area (Å²) in [6.45, 7) is 3.42. The van der Waals surface area contributed by atoms with Crippen LogP contribution in [0.4, 0.5) is 4.39 Å². The lowest BCUT2D eigenvalue weighted by atomic mass is 10.1. The minimum absolute atomic E-state index is 0.0780. The molecule has 0 aliphatic carbocycles. The average Bonchev–Trinajstić information content (AvgIpc) is 2.94. The molecule has 2 aromatic carbocycles. The van der Waals surface area contributed by atoms with Gasteiger partial charge in [0.2, 0.25) is 10.0 Å². The van der Waals surface area contributed by atoms with Crippen molar-refractivity contribution >= 4 is 27.8 Å². The monoisotopic (exact) mass is 420 g/mol. The molecule has 0 saturated heterocycles. The van der Waals surface area contributed by atoms with E-state index in [0.717, 1.165) is 22.5 Å². The second kappa shape index (κ2) is 7.72. The van der Waals surface area contributed by atoms with Crippen molar-refractivity contribution in [1.29, 1.82) is 0 Å². The maximum absolute atomic E-state index is 14.2. The zero-order valence-corrected chi connectivity index (χ0v) is 16.4. The zero-order valence-electron chi connectivity index (χ0n) is 15.6. The smallest absolute Gasteiger partial charge is 0.324 e. The van der Waals surface area contributed by atoms with E-state index in [-0.39, 0.29) is 29.8 Å². The predicted octanol–water partition coefficient (Wildman–Crippen LogP) is 2.22. The first-order chi connectivity index (χ1) is 13.7. The fourth-order valence-corrected chi connectivity index (χ4v) is 4.46. The first-order valence-electron chi connectivity index (χ1n) is 8.72. The highest BCUT2D eigenvalue weighted by atomic mass is 32.2. The molecule has 2 aromatic rings. The second-order valence-electron chi connectivity index (χ2n) is 6.06. The molecule has 0 fully saturated rings. The summed E-state index contributed by atoms with van der Waals surface area (Å²) < 4.78 is 40.4. The molecule has 8 nitrogen and oxygen atoms in total. The molecule has 152 valence electrons. The van der Waals surface area contributed by atoms with Crippen LogP contribution in [-0.2, 0) is 14.9 Å². The van der Waals surface area contributed by atoms with Gasteiger partial charge in [-0.05, 0) is 30.3 Å². The van der Waals surface area contributed by atoms with E-state index in [1.807, 2.05) is 0 Å². The van der Waals surface area contributed by atoms with Gasteiger partial charge in [0.05, 0.1) is 16.7 Å². The van der Waals surface area contributed by atoms with Crippen LogP contribution in [0.25, 0.3) is 0 Å². The molecule has 1 aliphatic rings. The van der Waals surface area contributed by atoms with Crippen LogP contribution in [0.2, 0.25) is 0 Å². The number of hydrogen-bond acceptors (Lipinski definition) is 6. The van der Waals surface area contributed by atoms with E-state index >= 15 is 0 Å².